The van der Waals surface area contributed by atoms with Crippen LogP contribution in [0.4, 0.5) is 13.2 Å². The van der Waals surface area contributed by atoms with E-state index in [1.54, 1.807) is 22.8 Å². The summed E-state index contributed by atoms with van der Waals surface area (Å²) in [6.45, 7) is 0.748. The second kappa shape index (κ2) is 11.4. The van der Waals surface area contributed by atoms with Gasteiger partial charge in [-0.25, -0.2) is 27.9 Å². The SMILES string of the molecule is O=C(O)c1ccc2nc(Cc3ccc(-c4nccc(OCc5ccc(Cl)cc5F)n4)cc3F)n(CC3CCO3)c2c1F. The lowest BCUT2D eigenvalue weighted by Gasteiger charge is -2.27. The van der Waals surface area contributed by atoms with Crippen molar-refractivity contribution in [2.75, 3.05) is 6.61 Å². The van der Waals surface area contributed by atoms with E-state index in [0.29, 0.717) is 23.6 Å². The van der Waals surface area contributed by atoms with Gasteiger partial charge in [-0.2, -0.15) is 4.98 Å². The molecule has 1 N–H and O–H groups in total. The second-order valence-electron chi connectivity index (χ2n) is 9.75. The van der Waals surface area contributed by atoms with Crippen molar-refractivity contribution < 1.29 is 32.5 Å². The maximum Gasteiger partial charge on any atom is 0.338 e. The molecule has 3 heterocycles. The molecule has 0 aliphatic carbocycles. The lowest BCUT2D eigenvalue weighted by molar-refractivity contribution is -0.0590. The molecular weight excluding hydrogens is 573 g/mol. The Kier molecular flexibility index (Phi) is 7.53. The molecule has 12 heteroatoms. The number of carbonyl (C=O) groups is 1. The van der Waals surface area contributed by atoms with Crippen LogP contribution in [0, 0.1) is 17.5 Å². The molecule has 1 aliphatic rings. The maximum absolute atomic E-state index is 15.4. The average Bonchev–Trinajstić information content (AvgIpc) is 3.29. The summed E-state index contributed by atoms with van der Waals surface area (Å²) in [7, 11) is 0. The van der Waals surface area contributed by atoms with Gasteiger partial charge in [0.05, 0.1) is 23.7 Å². The number of hydrogen-bond donors (Lipinski definition) is 1. The number of fused-ring (bicyclic) bond motifs is 1. The van der Waals surface area contributed by atoms with E-state index in [1.165, 1.54) is 42.6 Å². The van der Waals surface area contributed by atoms with Crippen LogP contribution in [0.1, 0.15) is 33.7 Å². The van der Waals surface area contributed by atoms with Crippen LogP contribution >= 0.6 is 11.6 Å². The Bertz CT molecular complexity index is 1830. The normalized spacial score (nSPS) is 14.6. The van der Waals surface area contributed by atoms with Gasteiger partial charge in [-0.05, 0) is 42.3 Å². The summed E-state index contributed by atoms with van der Waals surface area (Å²) in [5, 5.41) is 9.66. The van der Waals surface area contributed by atoms with E-state index in [0.717, 1.165) is 6.42 Å². The monoisotopic (exact) mass is 594 g/mol. The third kappa shape index (κ3) is 5.53. The number of ether oxygens (including phenoxy) is 2. The maximum atomic E-state index is 15.4. The first-order valence-electron chi connectivity index (χ1n) is 13.0. The Hall–Kier alpha value is -4.48. The van der Waals surface area contributed by atoms with Gasteiger partial charge >= 0.3 is 5.97 Å². The molecule has 0 saturated carbocycles. The quantitative estimate of drug-likeness (QED) is 0.216. The Labute approximate surface area is 242 Å². The highest BCUT2D eigenvalue weighted by molar-refractivity contribution is 6.30. The summed E-state index contributed by atoms with van der Waals surface area (Å²) < 4.78 is 57.4. The molecule has 1 saturated heterocycles. The zero-order chi connectivity index (χ0) is 29.4. The Morgan fingerprint density at radius 2 is 1.83 bits per heavy atom. The predicted molar refractivity (Wildman–Crippen MR) is 147 cm³/mol. The number of imidazole rings is 1. The molecule has 0 radical (unpaired) electrons. The summed E-state index contributed by atoms with van der Waals surface area (Å²) in [6, 6.07) is 12.9. The summed E-state index contributed by atoms with van der Waals surface area (Å²) in [5.74, 6) is -2.61. The molecule has 42 heavy (non-hydrogen) atoms. The van der Waals surface area contributed by atoms with Crippen molar-refractivity contribution in [2.24, 2.45) is 0 Å². The number of hydrogen-bond acceptors (Lipinski definition) is 6. The summed E-state index contributed by atoms with van der Waals surface area (Å²) in [5.41, 5.74) is 0.810. The second-order valence-corrected chi connectivity index (χ2v) is 10.2. The third-order valence-electron chi connectivity index (χ3n) is 7.02. The fourth-order valence-corrected chi connectivity index (χ4v) is 4.87. The average molecular weight is 595 g/mol. The smallest absolute Gasteiger partial charge is 0.338 e. The summed E-state index contributed by atoms with van der Waals surface area (Å²) >= 11 is 5.79. The number of halogens is 4. The Morgan fingerprint density at radius 1 is 1.05 bits per heavy atom. The van der Waals surface area contributed by atoms with Crippen LogP contribution in [0.25, 0.3) is 22.4 Å². The molecule has 1 unspecified atom stereocenters. The van der Waals surface area contributed by atoms with E-state index in [1.807, 2.05) is 0 Å². The molecule has 1 atom stereocenters. The van der Waals surface area contributed by atoms with Crippen molar-refractivity contribution in [3.63, 3.8) is 0 Å². The van der Waals surface area contributed by atoms with Crippen molar-refractivity contribution >= 4 is 28.6 Å². The number of aromatic carboxylic acids is 1. The standard InChI is InChI=1S/C30H22ClF3N4O4/c31-19-4-3-18(23(33)13-19)15-42-26-7-9-35-29(37-26)17-2-1-16(22(32)11-17)12-25-36-24-6-5-21(30(39)40)27(34)28(24)38(25)14-20-8-10-41-20/h1-7,9,11,13,20H,8,10,12,14-15H2,(H,39,40). The minimum Gasteiger partial charge on any atom is -0.478 e. The van der Waals surface area contributed by atoms with Crippen LogP contribution in [0.3, 0.4) is 0 Å². The van der Waals surface area contributed by atoms with Crippen LogP contribution in [-0.2, 0) is 24.3 Å². The predicted octanol–water partition coefficient (Wildman–Crippen LogP) is 6.22. The first-order chi connectivity index (χ1) is 20.3. The summed E-state index contributed by atoms with van der Waals surface area (Å²) in [6.07, 6.45) is 2.06. The molecule has 1 fully saturated rings. The number of rotatable bonds is 9. The first-order valence-corrected chi connectivity index (χ1v) is 13.4. The molecule has 2 aromatic heterocycles. The van der Waals surface area contributed by atoms with Gasteiger partial charge in [0.15, 0.2) is 11.6 Å². The molecule has 0 bridgehead atoms. The number of nitrogens with zero attached hydrogens (tertiary/aromatic N) is 4. The largest absolute Gasteiger partial charge is 0.478 e. The number of aromatic nitrogens is 4. The van der Waals surface area contributed by atoms with Crippen LogP contribution in [-0.4, -0.2) is 43.3 Å². The minimum atomic E-state index is -1.39. The highest BCUT2D eigenvalue weighted by Crippen LogP contribution is 2.28. The van der Waals surface area contributed by atoms with Gasteiger partial charge in [0.1, 0.15) is 29.6 Å². The first kappa shape index (κ1) is 27.7. The topological polar surface area (TPSA) is 99.4 Å². The molecular formula is C30H22ClF3N4O4. The van der Waals surface area contributed by atoms with E-state index in [-0.39, 0.29) is 59.0 Å². The Balaban J connectivity index is 1.26. The van der Waals surface area contributed by atoms with E-state index < -0.39 is 29.0 Å². The third-order valence-corrected chi connectivity index (χ3v) is 7.25. The molecule has 6 rings (SSSR count). The fourth-order valence-electron chi connectivity index (χ4n) is 4.71. The lowest BCUT2D eigenvalue weighted by atomic mass is 10.1. The molecule has 214 valence electrons. The van der Waals surface area contributed by atoms with Crippen molar-refractivity contribution in [1.82, 2.24) is 19.5 Å². The lowest BCUT2D eigenvalue weighted by Crippen LogP contribution is -2.32. The minimum absolute atomic E-state index is 0.0199. The highest BCUT2D eigenvalue weighted by Gasteiger charge is 2.26. The van der Waals surface area contributed by atoms with E-state index >= 15 is 8.78 Å². The van der Waals surface area contributed by atoms with Crippen LogP contribution in [0.2, 0.25) is 5.02 Å². The number of benzene rings is 3. The van der Waals surface area contributed by atoms with Crippen LogP contribution in [0.15, 0.2) is 60.8 Å². The van der Waals surface area contributed by atoms with E-state index in [4.69, 9.17) is 21.1 Å². The van der Waals surface area contributed by atoms with Crippen molar-refractivity contribution in [2.45, 2.75) is 32.1 Å². The number of carboxylic acids is 1. The van der Waals surface area contributed by atoms with Gasteiger partial charge in [-0.3, -0.25) is 0 Å². The van der Waals surface area contributed by atoms with E-state index in [9.17, 15) is 14.3 Å². The molecule has 3 aromatic carbocycles. The highest BCUT2D eigenvalue weighted by atomic mass is 35.5. The van der Waals surface area contributed by atoms with Crippen LogP contribution in [0.5, 0.6) is 5.88 Å². The van der Waals surface area contributed by atoms with Crippen molar-refractivity contribution in [3.8, 4) is 17.3 Å². The molecule has 1 aliphatic heterocycles. The molecule has 8 nitrogen and oxygen atoms in total. The van der Waals surface area contributed by atoms with Gasteiger partial charge in [-0.15, -0.1) is 0 Å². The van der Waals surface area contributed by atoms with E-state index in [2.05, 4.69) is 15.0 Å². The fraction of sp³-hybridized carbons (Fsp3) is 0.200. The molecule has 5 aromatic rings. The summed E-state index contributed by atoms with van der Waals surface area (Å²) in [4.78, 5) is 24.5. The molecule has 0 amide bonds. The van der Waals surface area contributed by atoms with Crippen LogP contribution < -0.4 is 4.74 Å². The van der Waals surface area contributed by atoms with Gasteiger partial charge in [-0.1, -0.05) is 29.8 Å². The zero-order valence-corrected chi connectivity index (χ0v) is 22.6. The Morgan fingerprint density at radius 3 is 2.55 bits per heavy atom. The van der Waals surface area contributed by atoms with Gasteiger partial charge in [0, 0.05) is 41.4 Å². The van der Waals surface area contributed by atoms with Crippen molar-refractivity contribution in [1.29, 1.82) is 0 Å². The zero-order valence-electron chi connectivity index (χ0n) is 21.9. The van der Waals surface area contributed by atoms with Gasteiger partial charge in [0.25, 0.3) is 0 Å². The number of carboxylic acid groups (broad SMARTS) is 1. The van der Waals surface area contributed by atoms with Crippen molar-refractivity contribution in [3.05, 3.63) is 106 Å². The van der Waals surface area contributed by atoms with Gasteiger partial charge < -0.3 is 19.1 Å². The molecule has 0 spiro atoms. The van der Waals surface area contributed by atoms with Gasteiger partial charge in [0.2, 0.25) is 5.88 Å².